The third kappa shape index (κ3) is 3.05. The van der Waals surface area contributed by atoms with Gasteiger partial charge in [-0.05, 0) is 36.3 Å². The average molecular weight is 383 g/mol. The summed E-state index contributed by atoms with van der Waals surface area (Å²) in [6.07, 6.45) is -0.996. The zero-order chi connectivity index (χ0) is 19.4. The van der Waals surface area contributed by atoms with E-state index in [4.69, 9.17) is 13.9 Å². The SMILES string of the molecule is CC(C)(C)[Si](C)(C)Oc1ccc2c(c1)OCC1=C2C(O)Oc2ccccc21. The summed E-state index contributed by atoms with van der Waals surface area (Å²) in [5.74, 6) is 2.23. The molecule has 1 atom stereocenters. The quantitative estimate of drug-likeness (QED) is 0.736. The molecule has 0 saturated heterocycles. The molecule has 27 heavy (non-hydrogen) atoms. The number of aliphatic hydroxyl groups excluding tert-OH is 1. The number of benzene rings is 2. The number of ether oxygens (including phenoxy) is 2. The lowest BCUT2D eigenvalue weighted by molar-refractivity contribution is 0.0303. The topological polar surface area (TPSA) is 47.9 Å². The molecule has 1 N–H and O–H groups in total. The van der Waals surface area contributed by atoms with Gasteiger partial charge in [0.25, 0.3) is 0 Å². The van der Waals surface area contributed by atoms with Crippen LogP contribution in [0.2, 0.25) is 18.1 Å². The van der Waals surface area contributed by atoms with Crippen LogP contribution in [0.4, 0.5) is 0 Å². The average Bonchev–Trinajstić information content (AvgIpc) is 2.60. The molecule has 142 valence electrons. The lowest BCUT2D eigenvalue weighted by atomic mass is 9.90. The molecule has 0 spiro atoms. The first kappa shape index (κ1) is 18.1. The van der Waals surface area contributed by atoms with Crippen LogP contribution in [-0.4, -0.2) is 26.3 Å². The van der Waals surface area contributed by atoms with Crippen LogP contribution in [0.15, 0.2) is 42.5 Å². The summed E-state index contributed by atoms with van der Waals surface area (Å²) in [5, 5.41) is 10.7. The first-order valence-electron chi connectivity index (χ1n) is 9.31. The maximum atomic E-state index is 10.6. The fraction of sp³-hybridized carbons (Fsp3) is 0.364. The van der Waals surface area contributed by atoms with Crippen molar-refractivity contribution in [2.45, 2.75) is 45.2 Å². The Labute approximate surface area is 161 Å². The molecule has 2 aliphatic heterocycles. The Hall–Kier alpha value is -2.24. The maximum Gasteiger partial charge on any atom is 0.250 e. The minimum absolute atomic E-state index is 0.122. The minimum atomic E-state index is -1.93. The van der Waals surface area contributed by atoms with Gasteiger partial charge in [0.1, 0.15) is 23.9 Å². The molecule has 5 heteroatoms. The lowest BCUT2D eigenvalue weighted by Gasteiger charge is -2.37. The highest BCUT2D eigenvalue weighted by Gasteiger charge is 2.39. The summed E-state index contributed by atoms with van der Waals surface area (Å²) >= 11 is 0. The summed E-state index contributed by atoms with van der Waals surface area (Å²) in [4.78, 5) is 0. The first-order valence-corrected chi connectivity index (χ1v) is 12.2. The van der Waals surface area contributed by atoms with Gasteiger partial charge < -0.3 is 19.0 Å². The van der Waals surface area contributed by atoms with Gasteiger partial charge in [0.15, 0.2) is 0 Å². The molecule has 2 aromatic carbocycles. The third-order valence-corrected chi connectivity index (χ3v) is 10.2. The molecule has 4 nitrogen and oxygen atoms in total. The maximum absolute atomic E-state index is 10.6. The number of para-hydroxylation sites is 1. The lowest BCUT2D eigenvalue weighted by Crippen LogP contribution is -2.43. The second kappa shape index (κ2) is 6.14. The minimum Gasteiger partial charge on any atom is -0.543 e. The molecule has 0 radical (unpaired) electrons. The van der Waals surface area contributed by atoms with Crippen LogP contribution in [-0.2, 0) is 0 Å². The Morgan fingerprint density at radius 1 is 1.04 bits per heavy atom. The van der Waals surface area contributed by atoms with E-state index >= 15 is 0 Å². The molecule has 2 heterocycles. The second-order valence-electron chi connectivity index (χ2n) is 8.67. The highest BCUT2D eigenvalue weighted by molar-refractivity contribution is 6.74. The second-order valence-corrected chi connectivity index (χ2v) is 13.4. The smallest absolute Gasteiger partial charge is 0.250 e. The molecule has 0 aliphatic carbocycles. The standard InChI is InChI=1S/C22H26O4Si/c1-22(2,3)27(4,5)26-14-10-11-16-19(12-14)24-13-17-15-8-6-7-9-18(15)25-21(23)20(16)17/h6-12,21,23H,13H2,1-5H3. The predicted molar refractivity (Wildman–Crippen MR) is 110 cm³/mol. The summed E-state index contributed by atoms with van der Waals surface area (Å²) in [7, 11) is -1.93. The van der Waals surface area contributed by atoms with Gasteiger partial charge in [-0.1, -0.05) is 39.0 Å². The van der Waals surface area contributed by atoms with Crippen molar-refractivity contribution < 1.29 is 19.0 Å². The molecule has 4 rings (SSSR count). The molecule has 0 amide bonds. The van der Waals surface area contributed by atoms with Gasteiger partial charge in [-0.15, -0.1) is 0 Å². The summed E-state index contributed by atoms with van der Waals surface area (Å²) < 4.78 is 18.2. The van der Waals surface area contributed by atoms with E-state index in [9.17, 15) is 5.11 Å². The van der Waals surface area contributed by atoms with E-state index in [1.54, 1.807) is 0 Å². The Kier molecular flexibility index (Phi) is 4.13. The normalized spacial score (nSPS) is 18.7. The Balaban J connectivity index is 1.73. The van der Waals surface area contributed by atoms with Crippen LogP contribution in [0.1, 0.15) is 31.9 Å². The van der Waals surface area contributed by atoms with Gasteiger partial charge >= 0.3 is 0 Å². The summed E-state index contributed by atoms with van der Waals surface area (Å²) in [6.45, 7) is 11.5. The third-order valence-electron chi connectivity index (χ3n) is 5.82. The number of rotatable bonds is 2. The fourth-order valence-electron chi connectivity index (χ4n) is 3.25. The van der Waals surface area contributed by atoms with Crippen molar-refractivity contribution in [1.29, 1.82) is 0 Å². The number of fused-ring (bicyclic) bond motifs is 4. The summed E-state index contributed by atoms with van der Waals surface area (Å²) in [6, 6.07) is 13.6. The Morgan fingerprint density at radius 3 is 2.52 bits per heavy atom. The fourth-order valence-corrected chi connectivity index (χ4v) is 4.27. The highest BCUT2D eigenvalue weighted by atomic mass is 28.4. The van der Waals surface area contributed by atoms with Crippen LogP contribution < -0.4 is 13.9 Å². The van der Waals surface area contributed by atoms with Crippen LogP contribution in [0.25, 0.3) is 11.1 Å². The Morgan fingerprint density at radius 2 is 1.78 bits per heavy atom. The number of hydrogen-bond acceptors (Lipinski definition) is 4. The zero-order valence-corrected chi connectivity index (χ0v) is 17.5. The molecule has 1 unspecified atom stereocenters. The van der Waals surface area contributed by atoms with Gasteiger partial charge in [-0.25, -0.2) is 0 Å². The highest BCUT2D eigenvalue weighted by Crippen LogP contribution is 2.46. The van der Waals surface area contributed by atoms with E-state index in [0.29, 0.717) is 12.4 Å². The zero-order valence-electron chi connectivity index (χ0n) is 16.5. The van der Waals surface area contributed by atoms with Crippen LogP contribution in [0.3, 0.4) is 0 Å². The van der Waals surface area contributed by atoms with Crippen molar-refractivity contribution in [2.24, 2.45) is 0 Å². The number of aliphatic hydroxyl groups is 1. The van der Waals surface area contributed by atoms with E-state index in [1.807, 2.05) is 42.5 Å². The molecule has 0 saturated carbocycles. The van der Waals surface area contributed by atoms with Gasteiger partial charge in [-0.3, -0.25) is 0 Å². The molecular weight excluding hydrogens is 356 g/mol. The van der Waals surface area contributed by atoms with E-state index in [1.165, 1.54) is 0 Å². The van der Waals surface area contributed by atoms with E-state index in [-0.39, 0.29) is 5.04 Å². The molecule has 2 aliphatic rings. The largest absolute Gasteiger partial charge is 0.543 e. The van der Waals surface area contributed by atoms with Gasteiger partial charge in [0.2, 0.25) is 14.6 Å². The van der Waals surface area contributed by atoms with Crippen molar-refractivity contribution in [3.8, 4) is 17.2 Å². The van der Waals surface area contributed by atoms with E-state index in [2.05, 4.69) is 33.9 Å². The van der Waals surface area contributed by atoms with Crippen LogP contribution >= 0.6 is 0 Å². The van der Waals surface area contributed by atoms with Crippen molar-refractivity contribution in [3.63, 3.8) is 0 Å². The van der Waals surface area contributed by atoms with Crippen molar-refractivity contribution in [2.75, 3.05) is 6.61 Å². The van der Waals surface area contributed by atoms with Gasteiger partial charge in [0.05, 0.1) is 0 Å². The Bertz CT molecular complexity index is 924. The van der Waals surface area contributed by atoms with Crippen molar-refractivity contribution >= 4 is 19.5 Å². The predicted octanol–water partition coefficient (Wildman–Crippen LogP) is 5.08. The monoisotopic (exact) mass is 382 g/mol. The molecule has 0 bridgehead atoms. The van der Waals surface area contributed by atoms with Gasteiger partial charge in [-0.2, -0.15) is 0 Å². The van der Waals surface area contributed by atoms with Crippen molar-refractivity contribution in [1.82, 2.24) is 0 Å². The summed E-state index contributed by atoms with van der Waals surface area (Å²) in [5.41, 5.74) is 3.61. The number of hydrogen-bond donors (Lipinski definition) is 1. The van der Waals surface area contributed by atoms with Crippen LogP contribution in [0.5, 0.6) is 17.2 Å². The molecule has 2 aromatic rings. The van der Waals surface area contributed by atoms with E-state index in [0.717, 1.165) is 33.8 Å². The molecular formula is C22H26O4Si. The molecule has 0 aromatic heterocycles. The first-order chi connectivity index (χ1) is 12.7. The molecule has 0 fully saturated rings. The van der Waals surface area contributed by atoms with Crippen molar-refractivity contribution in [3.05, 3.63) is 53.6 Å². The van der Waals surface area contributed by atoms with E-state index < -0.39 is 14.6 Å². The van der Waals surface area contributed by atoms with Crippen LogP contribution in [0, 0.1) is 0 Å². The van der Waals surface area contributed by atoms with Gasteiger partial charge in [0, 0.05) is 28.3 Å².